The number of hydrogen-bond acceptors (Lipinski definition) is 2. The fourth-order valence-corrected chi connectivity index (χ4v) is 2.01. The molecule has 1 aliphatic carbocycles. The molecule has 0 aromatic rings. The van der Waals surface area contributed by atoms with Crippen LogP contribution in [0, 0.1) is 0 Å². The second-order valence-corrected chi connectivity index (χ2v) is 3.92. The fraction of sp³-hybridized carbons (Fsp3) is 0.714. The van der Waals surface area contributed by atoms with Crippen molar-refractivity contribution in [2.24, 2.45) is 0 Å². The predicted molar refractivity (Wildman–Crippen MR) is 41.7 cm³/mol. The summed E-state index contributed by atoms with van der Waals surface area (Å²) in [6, 6.07) is 0. The molecule has 0 aliphatic heterocycles. The number of aliphatic hydroxyl groups excluding tert-OH is 1. The first-order valence-electron chi connectivity index (χ1n) is 3.05. The summed E-state index contributed by atoms with van der Waals surface area (Å²) in [5.74, 6) is 0. The molecule has 52 valence electrons. The number of allylic oxidation sites excluding steroid dienone is 1. The highest BCUT2D eigenvalue weighted by Crippen LogP contribution is 2.45. The molecule has 9 heavy (non-hydrogen) atoms. The third kappa shape index (κ3) is 1.14. The number of thioether (sulfide) groups is 1. The Kier molecular flexibility index (Phi) is 1.87. The number of rotatable bonds is 2. The minimum absolute atomic E-state index is 0.150. The highest BCUT2D eigenvalue weighted by atomic mass is 32.2. The first-order valence-corrected chi connectivity index (χ1v) is 4.27. The average Bonchev–Trinajstić information content (AvgIpc) is 1.81. The Morgan fingerprint density at radius 3 is 2.44 bits per heavy atom. The molecule has 0 bridgehead atoms. The molecule has 1 aliphatic rings. The monoisotopic (exact) mass is 144 g/mol. The Balaban J connectivity index is 2.44. The van der Waals surface area contributed by atoms with Gasteiger partial charge < -0.3 is 5.11 Å². The van der Waals surface area contributed by atoms with Gasteiger partial charge in [-0.3, -0.25) is 0 Å². The normalized spacial score (nSPS) is 23.6. The quantitative estimate of drug-likeness (QED) is 0.592. The molecular weight excluding hydrogens is 132 g/mol. The van der Waals surface area contributed by atoms with Gasteiger partial charge in [0.15, 0.2) is 0 Å². The first kappa shape index (κ1) is 7.16. The van der Waals surface area contributed by atoms with E-state index in [9.17, 15) is 0 Å². The zero-order valence-electron chi connectivity index (χ0n) is 5.68. The van der Waals surface area contributed by atoms with Gasteiger partial charge in [-0.15, -0.1) is 0 Å². The summed E-state index contributed by atoms with van der Waals surface area (Å²) in [6.07, 6.45) is 4.05. The van der Waals surface area contributed by atoms with Crippen molar-refractivity contribution in [1.82, 2.24) is 0 Å². The van der Waals surface area contributed by atoms with Gasteiger partial charge in [0.05, 0.1) is 6.61 Å². The highest BCUT2D eigenvalue weighted by molar-refractivity contribution is 8.00. The lowest BCUT2D eigenvalue weighted by Crippen LogP contribution is -2.38. The van der Waals surface area contributed by atoms with Crippen molar-refractivity contribution in [3.05, 3.63) is 12.2 Å². The Labute approximate surface area is 60.2 Å². The van der Waals surface area contributed by atoms with Crippen LogP contribution in [0.15, 0.2) is 12.2 Å². The summed E-state index contributed by atoms with van der Waals surface area (Å²) < 4.78 is 0.150. The number of hydrogen-bond donors (Lipinski definition) is 1. The van der Waals surface area contributed by atoms with Crippen molar-refractivity contribution in [1.29, 1.82) is 0 Å². The van der Waals surface area contributed by atoms with Crippen LogP contribution in [0.5, 0.6) is 0 Å². The summed E-state index contributed by atoms with van der Waals surface area (Å²) in [7, 11) is 0. The molecule has 1 nitrogen and oxygen atoms in total. The van der Waals surface area contributed by atoms with Gasteiger partial charge in [-0.1, -0.05) is 12.2 Å². The molecule has 0 aromatic heterocycles. The van der Waals surface area contributed by atoms with Crippen LogP contribution in [0.25, 0.3) is 0 Å². The number of aliphatic hydroxyl groups is 1. The van der Waals surface area contributed by atoms with Crippen LogP contribution in [0.3, 0.4) is 0 Å². The predicted octanol–water partition coefficient (Wildman–Crippen LogP) is 1.43. The van der Waals surface area contributed by atoms with Crippen molar-refractivity contribution in [3.63, 3.8) is 0 Å². The minimum atomic E-state index is 0.150. The van der Waals surface area contributed by atoms with Gasteiger partial charge in [0, 0.05) is 4.75 Å². The van der Waals surface area contributed by atoms with E-state index in [-0.39, 0.29) is 4.75 Å². The van der Waals surface area contributed by atoms with Gasteiger partial charge in [-0.05, 0) is 19.1 Å². The van der Waals surface area contributed by atoms with E-state index in [1.54, 1.807) is 11.8 Å². The van der Waals surface area contributed by atoms with Crippen molar-refractivity contribution in [2.45, 2.75) is 17.6 Å². The molecule has 0 aromatic carbocycles. The maximum absolute atomic E-state index is 8.89. The average molecular weight is 144 g/mol. The summed E-state index contributed by atoms with van der Waals surface area (Å²) in [6.45, 7) is 4.13. The summed E-state index contributed by atoms with van der Waals surface area (Å²) in [5, 5.41) is 8.89. The van der Waals surface area contributed by atoms with Crippen LogP contribution < -0.4 is 0 Å². The molecule has 0 unspecified atom stereocenters. The lowest BCUT2D eigenvalue weighted by molar-refractivity contribution is 0.222. The van der Waals surface area contributed by atoms with E-state index in [2.05, 4.69) is 6.58 Å². The fourth-order valence-electron chi connectivity index (χ4n) is 1.18. The molecule has 1 saturated carbocycles. The van der Waals surface area contributed by atoms with Gasteiger partial charge in [0.2, 0.25) is 0 Å². The maximum Gasteiger partial charge on any atom is 0.0584 e. The van der Waals surface area contributed by atoms with E-state index < -0.39 is 0 Å². The lowest BCUT2D eigenvalue weighted by atomic mass is 9.81. The molecule has 0 spiro atoms. The molecule has 0 saturated heterocycles. The molecule has 0 atom stereocenters. The molecular formula is C7H12OS. The zero-order chi connectivity index (χ0) is 6.91. The summed E-state index contributed by atoms with van der Waals surface area (Å²) >= 11 is 1.75. The van der Waals surface area contributed by atoms with E-state index in [1.165, 1.54) is 5.57 Å². The van der Waals surface area contributed by atoms with Crippen LogP contribution >= 0.6 is 11.8 Å². The second kappa shape index (κ2) is 2.35. The van der Waals surface area contributed by atoms with Crippen molar-refractivity contribution >= 4 is 11.8 Å². The molecule has 2 heteroatoms. The Morgan fingerprint density at radius 2 is 2.33 bits per heavy atom. The lowest BCUT2D eigenvalue weighted by Gasteiger charge is -2.40. The topological polar surface area (TPSA) is 20.2 Å². The Hall–Kier alpha value is 0.0500. The second-order valence-electron chi connectivity index (χ2n) is 2.65. The SMILES string of the molecule is C=C1CC(CO)(SC)C1. The van der Waals surface area contributed by atoms with E-state index in [0.717, 1.165) is 12.8 Å². The minimum Gasteiger partial charge on any atom is -0.395 e. The molecule has 0 heterocycles. The smallest absolute Gasteiger partial charge is 0.0584 e. The van der Waals surface area contributed by atoms with Crippen molar-refractivity contribution in [3.8, 4) is 0 Å². The third-order valence-corrected chi connectivity index (χ3v) is 3.15. The van der Waals surface area contributed by atoms with Crippen LogP contribution in [0.4, 0.5) is 0 Å². The Morgan fingerprint density at radius 1 is 1.78 bits per heavy atom. The van der Waals surface area contributed by atoms with Crippen molar-refractivity contribution < 1.29 is 5.11 Å². The van der Waals surface area contributed by atoms with Gasteiger partial charge >= 0.3 is 0 Å². The van der Waals surface area contributed by atoms with Gasteiger partial charge in [-0.2, -0.15) is 11.8 Å². The van der Waals surface area contributed by atoms with Crippen molar-refractivity contribution in [2.75, 3.05) is 12.9 Å². The molecule has 0 amide bonds. The van der Waals surface area contributed by atoms with E-state index in [1.807, 2.05) is 6.26 Å². The van der Waals surface area contributed by atoms with Crippen LogP contribution in [-0.2, 0) is 0 Å². The van der Waals surface area contributed by atoms with Gasteiger partial charge in [0.1, 0.15) is 0 Å². The van der Waals surface area contributed by atoms with Gasteiger partial charge in [0.25, 0.3) is 0 Å². The van der Waals surface area contributed by atoms with Crippen LogP contribution in [0.2, 0.25) is 0 Å². The van der Waals surface area contributed by atoms with E-state index >= 15 is 0 Å². The van der Waals surface area contributed by atoms with E-state index in [0.29, 0.717) is 6.61 Å². The van der Waals surface area contributed by atoms with Gasteiger partial charge in [-0.25, -0.2) is 0 Å². The Bertz CT molecular complexity index is 117. The van der Waals surface area contributed by atoms with Crippen LogP contribution in [-0.4, -0.2) is 22.7 Å². The highest BCUT2D eigenvalue weighted by Gasteiger charge is 2.37. The molecule has 1 rings (SSSR count). The standard InChI is InChI=1S/C7H12OS/c1-6-3-7(4-6,5-8)9-2/h8H,1,3-5H2,2H3. The van der Waals surface area contributed by atoms with E-state index in [4.69, 9.17) is 5.11 Å². The molecule has 0 radical (unpaired) electrons. The third-order valence-electron chi connectivity index (χ3n) is 1.87. The molecule has 1 N–H and O–H groups in total. The zero-order valence-corrected chi connectivity index (χ0v) is 6.50. The maximum atomic E-state index is 8.89. The summed E-state index contributed by atoms with van der Waals surface area (Å²) in [5.41, 5.74) is 1.28. The first-order chi connectivity index (χ1) is 4.22. The van der Waals surface area contributed by atoms with Crippen LogP contribution in [0.1, 0.15) is 12.8 Å². The largest absolute Gasteiger partial charge is 0.395 e. The summed E-state index contributed by atoms with van der Waals surface area (Å²) in [4.78, 5) is 0. The molecule has 1 fully saturated rings.